The van der Waals surface area contributed by atoms with E-state index in [1.165, 1.54) is 37.1 Å². The molecule has 42 heavy (non-hydrogen) atoms. The van der Waals surface area contributed by atoms with Crippen LogP contribution < -0.4 is 14.7 Å². The highest BCUT2D eigenvalue weighted by atomic mass is 35.5. The predicted octanol–water partition coefficient (Wildman–Crippen LogP) is 5.70. The lowest BCUT2D eigenvalue weighted by Crippen LogP contribution is -2.47. The van der Waals surface area contributed by atoms with Gasteiger partial charge in [-0.25, -0.2) is 9.37 Å². The summed E-state index contributed by atoms with van der Waals surface area (Å²) in [6.07, 6.45) is -4.33. The number of fused-ring (bicyclic) bond motifs is 1. The summed E-state index contributed by atoms with van der Waals surface area (Å²) in [7, 11) is 3.22. The SMILES string of the molecule is COCCN1CCN(c2ccc3c(c2)C[C@@H](C(=O)N(C)c2ccc(F)c(Cl)c2)N3c2cc(C(F)(F)F)cc(C)n2)CC1. The van der Waals surface area contributed by atoms with Crippen molar-refractivity contribution in [3.8, 4) is 0 Å². The third-order valence-corrected chi connectivity index (χ3v) is 8.11. The molecular weight excluding hydrogens is 574 g/mol. The molecule has 0 N–H and O–H groups in total. The van der Waals surface area contributed by atoms with Crippen molar-refractivity contribution in [2.45, 2.75) is 25.6 Å². The van der Waals surface area contributed by atoms with Crippen molar-refractivity contribution in [2.24, 2.45) is 0 Å². The van der Waals surface area contributed by atoms with Gasteiger partial charge in [0.1, 0.15) is 17.7 Å². The number of pyridine rings is 1. The minimum Gasteiger partial charge on any atom is -0.383 e. The molecule has 0 aliphatic carbocycles. The summed E-state index contributed by atoms with van der Waals surface area (Å²) in [6.45, 7) is 6.43. The molecule has 3 aromatic rings. The maximum atomic E-state index is 13.9. The van der Waals surface area contributed by atoms with Crippen LogP contribution in [-0.4, -0.2) is 75.3 Å². The minimum absolute atomic E-state index is 0.0319. The second-order valence-electron chi connectivity index (χ2n) is 10.6. The number of anilines is 4. The van der Waals surface area contributed by atoms with Crippen molar-refractivity contribution in [1.29, 1.82) is 0 Å². The fraction of sp³-hybridized carbons (Fsp3) is 0.400. The number of hydrogen-bond donors (Lipinski definition) is 0. The zero-order chi connectivity index (χ0) is 30.2. The molecule has 1 atom stereocenters. The Morgan fingerprint density at radius 3 is 2.50 bits per heavy atom. The predicted molar refractivity (Wildman–Crippen MR) is 155 cm³/mol. The number of ether oxygens (including phenoxy) is 1. The van der Waals surface area contributed by atoms with E-state index >= 15 is 0 Å². The maximum Gasteiger partial charge on any atom is 0.416 e. The Morgan fingerprint density at radius 1 is 1.10 bits per heavy atom. The van der Waals surface area contributed by atoms with Crippen LogP contribution in [0, 0.1) is 12.7 Å². The highest BCUT2D eigenvalue weighted by Crippen LogP contribution is 2.42. The highest BCUT2D eigenvalue weighted by molar-refractivity contribution is 6.31. The average molecular weight is 606 g/mol. The first-order valence-corrected chi connectivity index (χ1v) is 14.0. The first kappa shape index (κ1) is 30.1. The smallest absolute Gasteiger partial charge is 0.383 e. The van der Waals surface area contributed by atoms with Crippen molar-refractivity contribution in [2.75, 3.05) is 68.2 Å². The van der Waals surface area contributed by atoms with E-state index in [0.29, 0.717) is 18.0 Å². The number of nitrogens with zero attached hydrogens (tertiary/aromatic N) is 5. The Morgan fingerprint density at radius 2 is 1.83 bits per heavy atom. The Labute approximate surface area is 247 Å². The summed E-state index contributed by atoms with van der Waals surface area (Å²) in [5, 5.41) is -0.138. The van der Waals surface area contributed by atoms with Crippen molar-refractivity contribution in [1.82, 2.24) is 9.88 Å². The van der Waals surface area contributed by atoms with E-state index < -0.39 is 23.6 Å². The van der Waals surface area contributed by atoms with Gasteiger partial charge in [-0.1, -0.05) is 11.6 Å². The fourth-order valence-corrected chi connectivity index (χ4v) is 5.72. The summed E-state index contributed by atoms with van der Waals surface area (Å²) < 4.78 is 60.3. The number of carbonyl (C=O) groups is 1. The van der Waals surface area contributed by atoms with Gasteiger partial charge < -0.3 is 19.4 Å². The lowest BCUT2D eigenvalue weighted by Gasteiger charge is -2.36. The molecule has 2 aliphatic heterocycles. The van der Waals surface area contributed by atoms with Crippen LogP contribution in [-0.2, 0) is 22.1 Å². The van der Waals surface area contributed by atoms with Crippen LogP contribution >= 0.6 is 11.6 Å². The van der Waals surface area contributed by atoms with E-state index in [1.54, 1.807) is 12.0 Å². The van der Waals surface area contributed by atoms with Crippen LogP contribution in [0.2, 0.25) is 5.02 Å². The van der Waals surface area contributed by atoms with Crippen LogP contribution in [0.4, 0.5) is 40.4 Å². The van der Waals surface area contributed by atoms with Crippen molar-refractivity contribution in [3.05, 3.63) is 76.2 Å². The number of piperazine rings is 1. The summed E-state index contributed by atoms with van der Waals surface area (Å²) in [4.78, 5) is 25.9. The highest BCUT2D eigenvalue weighted by Gasteiger charge is 2.40. The van der Waals surface area contributed by atoms with Crippen LogP contribution in [0.1, 0.15) is 16.8 Å². The van der Waals surface area contributed by atoms with Gasteiger partial charge in [-0.3, -0.25) is 9.69 Å². The lowest BCUT2D eigenvalue weighted by atomic mass is 10.1. The molecule has 2 aromatic carbocycles. The summed E-state index contributed by atoms with van der Waals surface area (Å²) in [5.41, 5.74) is 2.14. The molecule has 1 aromatic heterocycles. The van der Waals surface area contributed by atoms with Gasteiger partial charge in [-0.15, -0.1) is 0 Å². The van der Waals surface area contributed by atoms with Gasteiger partial charge in [0.25, 0.3) is 0 Å². The summed E-state index contributed by atoms with van der Waals surface area (Å²) in [6, 6.07) is 10.8. The van der Waals surface area contributed by atoms with Gasteiger partial charge in [0.2, 0.25) is 5.91 Å². The molecule has 1 fully saturated rings. The van der Waals surface area contributed by atoms with E-state index in [-0.39, 0.29) is 28.9 Å². The Kier molecular flexibility index (Phi) is 8.63. The Hall–Kier alpha value is -3.41. The number of carbonyl (C=O) groups excluding carboxylic acids is 1. The molecule has 1 amide bonds. The van der Waals surface area contributed by atoms with E-state index in [0.717, 1.165) is 56.1 Å². The molecule has 224 valence electrons. The van der Waals surface area contributed by atoms with Gasteiger partial charge >= 0.3 is 6.18 Å². The number of halogens is 5. The van der Waals surface area contributed by atoms with Crippen LogP contribution in [0.3, 0.4) is 0 Å². The Bertz CT molecular complexity index is 1460. The number of benzene rings is 2. The second kappa shape index (κ2) is 12.1. The van der Waals surface area contributed by atoms with Crippen molar-refractivity contribution >= 4 is 40.4 Å². The number of methoxy groups -OCH3 is 1. The third-order valence-electron chi connectivity index (χ3n) is 7.82. The number of aromatic nitrogens is 1. The van der Waals surface area contributed by atoms with Crippen LogP contribution in [0.15, 0.2) is 48.5 Å². The standard InChI is InChI=1S/C30H32ClF4N5O2/c1-19-14-21(30(33,34)35)17-28(36-19)40-26-7-5-23(39-10-8-38(9-11-39)12-13-42-3)15-20(26)16-27(40)29(41)37(2)22-4-6-25(32)24(31)18-22/h4-7,14-15,17-18,27H,8-13,16H2,1-3H3/t27-/m0/s1. The summed E-state index contributed by atoms with van der Waals surface area (Å²) in [5.74, 6) is -0.976. The largest absolute Gasteiger partial charge is 0.416 e. The first-order chi connectivity index (χ1) is 20.0. The van der Waals surface area contributed by atoms with E-state index in [9.17, 15) is 22.4 Å². The average Bonchev–Trinajstić information content (AvgIpc) is 3.35. The van der Waals surface area contributed by atoms with Crippen molar-refractivity contribution < 1.29 is 27.1 Å². The third kappa shape index (κ3) is 6.18. The lowest BCUT2D eigenvalue weighted by molar-refractivity contribution is -0.137. The van der Waals surface area contributed by atoms with E-state index in [1.807, 2.05) is 18.2 Å². The van der Waals surface area contributed by atoms with E-state index in [2.05, 4.69) is 14.8 Å². The molecule has 0 unspecified atom stereocenters. The molecule has 0 spiro atoms. The number of alkyl halides is 3. The number of hydrogen-bond acceptors (Lipinski definition) is 6. The first-order valence-electron chi connectivity index (χ1n) is 13.6. The van der Waals surface area contributed by atoms with Crippen LogP contribution in [0.25, 0.3) is 0 Å². The van der Waals surface area contributed by atoms with Crippen LogP contribution in [0.5, 0.6) is 0 Å². The monoisotopic (exact) mass is 605 g/mol. The minimum atomic E-state index is -4.58. The zero-order valence-electron chi connectivity index (χ0n) is 23.6. The van der Waals surface area contributed by atoms with Gasteiger partial charge in [0, 0.05) is 76.1 Å². The number of rotatable bonds is 7. The molecule has 0 bridgehead atoms. The number of likely N-dealkylation sites (N-methyl/N-ethyl adjacent to an activating group) is 1. The molecule has 0 radical (unpaired) electrons. The van der Waals surface area contributed by atoms with Crippen molar-refractivity contribution in [3.63, 3.8) is 0 Å². The topological polar surface area (TPSA) is 52.2 Å². The van der Waals surface area contributed by atoms with Gasteiger partial charge in [-0.2, -0.15) is 13.2 Å². The quantitative estimate of drug-likeness (QED) is 0.322. The molecular formula is C30H32ClF4N5O2. The molecule has 2 aliphatic rings. The molecule has 7 nitrogen and oxygen atoms in total. The molecule has 5 rings (SSSR count). The molecule has 3 heterocycles. The van der Waals surface area contributed by atoms with E-state index in [4.69, 9.17) is 16.3 Å². The zero-order valence-corrected chi connectivity index (χ0v) is 24.3. The normalized spacial score (nSPS) is 17.5. The van der Waals surface area contributed by atoms with Gasteiger partial charge in [-0.05, 0) is 61.0 Å². The molecule has 1 saturated heterocycles. The number of amides is 1. The maximum absolute atomic E-state index is 13.9. The van der Waals surface area contributed by atoms with Gasteiger partial charge in [0.15, 0.2) is 0 Å². The number of aryl methyl sites for hydroxylation is 1. The molecule has 0 saturated carbocycles. The second-order valence-corrected chi connectivity index (χ2v) is 11.0. The van der Waals surface area contributed by atoms with Gasteiger partial charge in [0.05, 0.1) is 17.2 Å². The summed E-state index contributed by atoms with van der Waals surface area (Å²) >= 11 is 5.97. The fourth-order valence-electron chi connectivity index (χ4n) is 5.55. The Balaban J connectivity index is 1.49. The molecule has 12 heteroatoms.